The molecule has 4 rings (SSSR count). The molecule has 0 aliphatic carbocycles. The van der Waals surface area contributed by atoms with Gasteiger partial charge in [-0.1, -0.05) is 0 Å². The van der Waals surface area contributed by atoms with E-state index in [0.717, 1.165) is 12.1 Å². The van der Waals surface area contributed by atoms with E-state index >= 15 is 0 Å². The number of hydrogen-bond acceptors (Lipinski definition) is 5. The van der Waals surface area contributed by atoms with Crippen LogP contribution in [-0.2, 0) is 0 Å². The lowest BCUT2D eigenvalue weighted by Gasteiger charge is -2.36. The Bertz CT molecular complexity index is 1040. The molecule has 1 aliphatic heterocycles. The van der Waals surface area contributed by atoms with Crippen molar-refractivity contribution in [2.45, 2.75) is 25.9 Å². The Morgan fingerprint density at radius 3 is 2.46 bits per heavy atom. The summed E-state index contributed by atoms with van der Waals surface area (Å²) in [6.07, 6.45) is 1.58. The van der Waals surface area contributed by atoms with E-state index in [1.807, 2.05) is 13.8 Å². The van der Waals surface area contributed by atoms with Gasteiger partial charge >= 0.3 is 0 Å². The Morgan fingerprint density at radius 1 is 1.18 bits per heavy atom. The lowest BCUT2D eigenvalue weighted by Crippen LogP contribution is -2.55. The van der Waals surface area contributed by atoms with Gasteiger partial charge in [0.2, 0.25) is 0 Å². The van der Waals surface area contributed by atoms with Gasteiger partial charge in [-0.2, -0.15) is 4.37 Å². The Hall–Kier alpha value is -2.58. The molecule has 2 heterocycles. The zero-order valence-corrected chi connectivity index (χ0v) is 16.2. The van der Waals surface area contributed by atoms with E-state index in [9.17, 15) is 18.7 Å². The molecular formula is C20H19F2N3O2S. The first-order valence-electron chi connectivity index (χ1n) is 8.95. The molecule has 1 unspecified atom stereocenters. The van der Waals surface area contributed by atoms with Crippen LogP contribution in [0.25, 0.3) is 21.2 Å². The Balaban J connectivity index is 1.84. The fourth-order valence-corrected chi connectivity index (χ4v) is 4.52. The summed E-state index contributed by atoms with van der Waals surface area (Å²) in [6.45, 7) is 5.12. The number of carbonyl (C=O) groups excluding carboxylic acids is 1. The summed E-state index contributed by atoms with van der Waals surface area (Å²) in [4.78, 5) is 15.0. The maximum absolute atomic E-state index is 14.4. The molecule has 1 fully saturated rings. The third-order valence-corrected chi connectivity index (χ3v) is 5.69. The zero-order chi connectivity index (χ0) is 20.0. The molecule has 1 saturated heterocycles. The Labute approximate surface area is 164 Å². The molecule has 8 heteroatoms. The number of phenolic OH excluding ortho intramolecular Hbond substituents is 1. The number of phenols is 1. The van der Waals surface area contributed by atoms with Crippen molar-refractivity contribution in [3.8, 4) is 16.9 Å². The van der Waals surface area contributed by atoms with Crippen molar-refractivity contribution in [3.05, 3.63) is 47.7 Å². The van der Waals surface area contributed by atoms with Crippen molar-refractivity contribution in [3.63, 3.8) is 0 Å². The molecule has 5 nitrogen and oxygen atoms in total. The predicted molar refractivity (Wildman–Crippen MR) is 105 cm³/mol. The first-order chi connectivity index (χ1) is 13.3. The molecule has 28 heavy (non-hydrogen) atoms. The molecule has 0 saturated carbocycles. The zero-order valence-electron chi connectivity index (χ0n) is 15.4. The molecular weight excluding hydrogens is 384 g/mol. The Kier molecular flexibility index (Phi) is 4.76. The average molecular weight is 403 g/mol. The number of amides is 1. The van der Waals surface area contributed by atoms with Gasteiger partial charge in [0.05, 0.1) is 15.8 Å². The number of aromatic hydroxyl groups is 1. The second kappa shape index (κ2) is 7.10. The van der Waals surface area contributed by atoms with E-state index in [4.69, 9.17) is 0 Å². The molecule has 0 bridgehead atoms. The highest BCUT2D eigenvalue weighted by atomic mass is 32.1. The molecule has 1 amide bonds. The van der Waals surface area contributed by atoms with Gasteiger partial charge in [-0.3, -0.25) is 4.79 Å². The second-order valence-electron chi connectivity index (χ2n) is 7.23. The van der Waals surface area contributed by atoms with Gasteiger partial charge in [-0.25, -0.2) is 8.78 Å². The van der Waals surface area contributed by atoms with Crippen molar-refractivity contribution in [1.82, 2.24) is 14.6 Å². The summed E-state index contributed by atoms with van der Waals surface area (Å²) >= 11 is 1.18. The Morgan fingerprint density at radius 2 is 1.82 bits per heavy atom. The van der Waals surface area contributed by atoms with Gasteiger partial charge < -0.3 is 15.3 Å². The topological polar surface area (TPSA) is 65.5 Å². The summed E-state index contributed by atoms with van der Waals surface area (Å²) in [5.74, 6) is -2.45. The molecule has 1 aromatic heterocycles. The average Bonchev–Trinajstić information content (AvgIpc) is 3.07. The number of benzene rings is 2. The van der Waals surface area contributed by atoms with Crippen molar-refractivity contribution < 1.29 is 18.7 Å². The SMILES string of the molecule is CC1CN(C(=O)c2cc(-c3c(F)cc(O)cc3F)cc3cnsc23)C[C@H](C)N1. The lowest BCUT2D eigenvalue weighted by molar-refractivity contribution is 0.0676. The number of piperazine rings is 1. The fraction of sp³-hybridized carbons (Fsp3) is 0.300. The van der Waals surface area contributed by atoms with Crippen LogP contribution in [0.15, 0.2) is 30.5 Å². The third-order valence-electron chi connectivity index (χ3n) is 4.84. The molecule has 1 aliphatic rings. The summed E-state index contributed by atoms with van der Waals surface area (Å²) < 4.78 is 33.6. The van der Waals surface area contributed by atoms with E-state index in [1.54, 1.807) is 17.2 Å². The number of halogens is 2. The van der Waals surface area contributed by atoms with Gasteiger partial charge in [0, 0.05) is 48.9 Å². The van der Waals surface area contributed by atoms with E-state index < -0.39 is 17.4 Å². The van der Waals surface area contributed by atoms with E-state index in [0.29, 0.717) is 28.7 Å². The highest BCUT2D eigenvalue weighted by Crippen LogP contribution is 2.35. The highest BCUT2D eigenvalue weighted by Gasteiger charge is 2.28. The lowest BCUT2D eigenvalue weighted by atomic mass is 9.99. The number of hydrogen-bond donors (Lipinski definition) is 2. The standard InChI is InChI=1S/C20H19F2N3O2S/c1-10-8-25(9-11(2)24-10)20(27)15-4-12(3-13-7-23-28-19(13)15)18-16(21)5-14(26)6-17(18)22/h3-7,10-11,24,26H,8-9H2,1-2H3/t10-,11?/m0/s1. The van der Waals surface area contributed by atoms with Gasteiger partial charge in [-0.15, -0.1) is 0 Å². The number of nitrogens with one attached hydrogen (secondary N) is 1. The molecule has 2 N–H and O–H groups in total. The van der Waals surface area contributed by atoms with E-state index in [1.165, 1.54) is 17.6 Å². The fourth-order valence-electron chi connectivity index (χ4n) is 3.79. The number of aromatic nitrogens is 1. The summed E-state index contributed by atoms with van der Waals surface area (Å²) in [5.41, 5.74) is 0.340. The van der Waals surface area contributed by atoms with Crippen LogP contribution in [0.5, 0.6) is 5.75 Å². The summed E-state index contributed by atoms with van der Waals surface area (Å²) in [7, 11) is 0. The van der Waals surface area contributed by atoms with Crippen LogP contribution in [0.2, 0.25) is 0 Å². The van der Waals surface area contributed by atoms with Gasteiger partial charge in [0.1, 0.15) is 17.4 Å². The first-order valence-corrected chi connectivity index (χ1v) is 9.73. The summed E-state index contributed by atoms with van der Waals surface area (Å²) in [6, 6.07) is 5.14. The van der Waals surface area contributed by atoms with Gasteiger partial charge in [0.15, 0.2) is 0 Å². The minimum Gasteiger partial charge on any atom is -0.508 e. The van der Waals surface area contributed by atoms with Crippen molar-refractivity contribution >= 4 is 27.5 Å². The minimum atomic E-state index is -0.886. The van der Waals surface area contributed by atoms with Crippen molar-refractivity contribution in [2.24, 2.45) is 0 Å². The normalized spacial score (nSPS) is 19.9. The molecule has 2 aromatic carbocycles. The van der Waals surface area contributed by atoms with E-state index in [-0.39, 0.29) is 29.1 Å². The minimum absolute atomic E-state index is 0.153. The predicted octanol–water partition coefficient (Wildman–Crippen LogP) is 3.77. The quantitative estimate of drug-likeness (QED) is 0.684. The molecule has 3 aromatic rings. The van der Waals surface area contributed by atoms with Gasteiger partial charge in [-0.05, 0) is 43.1 Å². The maximum Gasteiger partial charge on any atom is 0.255 e. The third kappa shape index (κ3) is 3.33. The van der Waals surface area contributed by atoms with Crippen LogP contribution in [0, 0.1) is 11.6 Å². The van der Waals surface area contributed by atoms with E-state index in [2.05, 4.69) is 9.69 Å². The van der Waals surface area contributed by atoms with Gasteiger partial charge in [0.25, 0.3) is 5.91 Å². The number of carbonyl (C=O) groups is 1. The largest absolute Gasteiger partial charge is 0.508 e. The molecule has 0 radical (unpaired) electrons. The highest BCUT2D eigenvalue weighted by molar-refractivity contribution is 7.13. The van der Waals surface area contributed by atoms with Crippen LogP contribution in [0.1, 0.15) is 24.2 Å². The van der Waals surface area contributed by atoms with Crippen LogP contribution in [-0.4, -0.2) is 45.5 Å². The second-order valence-corrected chi connectivity index (χ2v) is 8.03. The monoisotopic (exact) mass is 403 g/mol. The molecule has 2 atom stereocenters. The molecule has 0 spiro atoms. The number of fused-ring (bicyclic) bond motifs is 1. The van der Waals surface area contributed by atoms with Crippen LogP contribution in [0.3, 0.4) is 0 Å². The maximum atomic E-state index is 14.4. The first kappa shape index (κ1) is 18.8. The van der Waals surface area contributed by atoms with Crippen LogP contribution >= 0.6 is 11.5 Å². The number of nitrogens with zero attached hydrogens (tertiary/aromatic N) is 2. The van der Waals surface area contributed by atoms with Crippen molar-refractivity contribution in [2.75, 3.05) is 13.1 Å². The smallest absolute Gasteiger partial charge is 0.255 e. The molecule has 146 valence electrons. The van der Waals surface area contributed by atoms with Crippen LogP contribution in [0.4, 0.5) is 8.78 Å². The van der Waals surface area contributed by atoms with Crippen LogP contribution < -0.4 is 5.32 Å². The van der Waals surface area contributed by atoms with Crippen molar-refractivity contribution in [1.29, 1.82) is 0 Å². The number of rotatable bonds is 2. The summed E-state index contributed by atoms with van der Waals surface area (Å²) in [5, 5.41) is 13.4.